The summed E-state index contributed by atoms with van der Waals surface area (Å²) >= 11 is 0. The van der Waals surface area contributed by atoms with Gasteiger partial charge in [0.25, 0.3) is 0 Å². The van der Waals surface area contributed by atoms with E-state index in [0.717, 1.165) is 22.3 Å². The molecule has 0 amide bonds. The third-order valence-electron chi connectivity index (χ3n) is 2.49. The second-order valence-electron chi connectivity index (χ2n) is 4.02. The Morgan fingerprint density at radius 2 is 2.06 bits per heavy atom. The topological polar surface area (TPSA) is 50.2 Å². The first-order chi connectivity index (χ1) is 8.15. The molecule has 0 unspecified atom stereocenters. The lowest BCUT2D eigenvalue weighted by Gasteiger charge is -2.04. The zero-order chi connectivity index (χ0) is 12.3. The summed E-state index contributed by atoms with van der Waals surface area (Å²) in [6.07, 6.45) is 3.63. The van der Waals surface area contributed by atoms with E-state index in [1.807, 2.05) is 37.3 Å². The molecule has 0 aliphatic rings. The van der Waals surface area contributed by atoms with E-state index in [2.05, 4.69) is 4.98 Å². The minimum atomic E-state index is -0.815. The maximum atomic E-state index is 10.7. The summed E-state index contributed by atoms with van der Waals surface area (Å²) in [5.74, 6) is -0.815. The Labute approximate surface area is 99.8 Å². The van der Waals surface area contributed by atoms with Crippen LogP contribution in [0.2, 0.25) is 0 Å². The van der Waals surface area contributed by atoms with Crippen LogP contribution in [-0.2, 0) is 11.2 Å². The zero-order valence-corrected chi connectivity index (χ0v) is 9.55. The van der Waals surface area contributed by atoms with Crippen LogP contribution in [0.3, 0.4) is 0 Å². The molecule has 0 aliphatic heterocycles. The Kier molecular flexibility index (Phi) is 3.19. The number of hydrogen-bond donors (Lipinski definition) is 1. The fraction of sp³-hybridized carbons (Fsp3) is 0.143. The van der Waals surface area contributed by atoms with Crippen LogP contribution in [0.4, 0.5) is 0 Å². The van der Waals surface area contributed by atoms with Crippen molar-refractivity contribution in [2.24, 2.45) is 0 Å². The highest BCUT2D eigenvalue weighted by molar-refractivity contribution is 5.72. The van der Waals surface area contributed by atoms with Gasteiger partial charge in [0.2, 0.25) is 0 Å². The molecule has 1 aromatic heterocycles. The van der Waals surface area contributed by atoms with E-state index in [1.54, 1.807) is 12.4 Å². The van der Waals surface area contributed by atoms with Gasteiger partial charge in [-0.2, -0.15) is 0 Å². The average molecular weight is 227 g/mol. The third-order valence-corrected chi connectivity index (χ3v) is 2.49. The molecule has 0 aliphatic carbocycles. The van der Waals surface area contributed by atoms with E-state index in [0.29, 0.717) is 0 Å². The quantitative estimate of drug-likeness (QED) is 0.877. The van der Waals surface area contributed by atoms with E-state index in [-0.39, 0.29) is 6.42 Å². The Balaban J connectivity index is 2.36. The number of aromatic nitrogens is 1. The molecule has 0 atom stereocenters. The van der Waals surface area contributed by atoms with Crippen molar-refractivity contribution in [2.75, 3.05) is 0 Å². The van der Waals surface area contributed by atoms with Gasteiger partial charge >= 0.3 is 5.97 Å². The molecular formula is C14H13NO2. The molecule has 2 aromatic rings. The predicted molar refractivity (Wildman–Crippen MR) is 65.7 cm³/mol. The van der Waals surface area contributed by atoms with Gasteiger partial charge in [0.15, 0.2) is 0 Å². The number of rotatable bonds is 3. The summed E-state index contributed by atoms with van der Waals surface area (Å²) < 4.78 is 0. The lowest BCUT2D eigenvalue weighted by atomic mass is 10.0. The van der Waals surface area contributed by atoms with Crippen LogP contribution < -0.4 is 0 Å². The van der Waals surface area contributed by atoms with Gasteiger partial charge in [0, 0.05) is 18.0 Å². The molecule has 86 valence electrons. The van der Waals surface area contributed by atoms with Crippen LogP contribution in [0.25, 0.3) is 11.1 Å². The van der Waals surface area contributed by atoms with Crippen molar-refractivity contribution in [1.29, 1.82) is 0 Å². The molecule has 1 aromatic carbocycles. The molecule has 3 nitrogen and oxygen atoms in total. The number of pyridine rings is 1. The molecule has 0 spiro atoms. The second-order valence-corrected chi connectivity index (χ2v) is 4.02. The van der Waals surface area contributed by atoms with Crippen molar-refractivity contribution >= 4 is 5.97 Å². The summed E-state index contributed by atoms with van der Waals surface area (Å²) in [7, 11) is 0. The molecule has 0 fully saturated rings. The van der Waals surface area contributed by atoms with Crippen LogP contribution in [0.5, 0.6) is 0 Å². The minimum absolute atomic E-state index is 0.0487. The van der Waals surface area contributed by atoms with Crippen molar-refractivity contribution in [1.82, 2.24) is 4.98 Å². The fourth-order valence-electron chi connectivity index (χ4n) is 1.75. The van der Waals surface area contributed by atoms with Crippen molar-refractivity contribution in [2.45, 2.75) is 13.3 Å². The third kappa shape index (κ3) is 2.91. The van der Waals surface area contributed by atoms with E-state index in [4.69, 9.17) is 5.11 Å². The zero-order valence-electron chi connectivity index (χ0n) is 9.55. The van der Waals surface area contributed by atoms with Crippen molar-refractivity contribution in [3.63, 3.8) is 0 Å². The van der Waals surface area contributed by atoms with Crippen LogP contribution >= 0.6 is 0 Å². The first-order valence-electron chi connectivity index (χ1n) is 5.38. The fourth-order valence-corrected chi connectivity index (χ4v) is 1.75. The van der Waals surface area contributed by atoms with Gasteiger partial charge in [-0.1, -0.05) is 24.3 Å². The highest BCUT2D eigenvalue weighted by Crippen LogP contribution is 2.20. The molecule has 1 N–H and O–H groups in total. The van der Waals surface area contributed by atoms with Crippen molar-refractivity contribution < 1.29 is 9.90 Å². The molecule has 0 saturated carbocycles. The molecule has 1 heterocycles. The number of benzene rings is 1. The van der Waals surface area contributed by atoms with E-state index >= 15 is 0 Å². The summed E-state index contributed by atoms with van der Waals surface area (Å²) in [5.41, 5.74) is 3.90. The monoisotopic (exact) mass is 227 g/mol. The van der Waals surface area contributed by atoms with Crippen molar-refractivity contribution in [3.8, 4) is 11.1 Å². The molecule has 3 heteroatoms. The number of hydrogen-bond acceptors (Lipinski definition) is 2. The summed E-state index contributed by atoms with van der Waals surface area (Å²) in [4.78, 5) is 14.8. The predicted octanol–water partition coefficient (Wildman–Crippen LogP) is 2.68. The molecule has 0 bridgehead atoms. The highest BCUT2D eigenvalue weighted by Gasteiger charge is 2.03. The smallest absolute Gasteiger partial charge is 0.307 e. The Hall–Kier alpha value is -2.16. The van der Waals surface area contributed by atoms with E-state index in [1.165, 1.54) is 0 Å². The number of carboxylic acids is 1. The SMILES string of the molecule is Cc1cncc(-c2cccc(CC(=O)O)c2)c1. The number of carbonyl (C=O) groups is 1. The number of nitrogens with zero attached hydrogens (tertiary/aromatic N) is 1. The summed E-state index contributed by atoms with van der Waals surface area (Å²) in [6.45, 7) is 1.98. The van der Waals surface area contributed by atoms with E-state index in [9.17, 15) is 4.79 Å². The van der Waals surface area contributed by atoms with Gasteiger partial charge in [-0.3, -0.25) is 9.78 Å². The van der Waals surface area contributed by atoms with Gasteiger partial charge in [0.1, 0.15) is 0 Å². The maximum absolute atomic E-state index is 10.7. The first-order valence-corrected chi connectivity index (χ1v) is 5.38. The van der Waals surface area contributed by atoms with Crippen molar-refractivity contribution in [3.05, 3.63) is 53.9 Å². The molecule has 0 saturated heterocycles. The second kappa shape index (κ2) is 4.78. The number of carboxylic acid groups (broad SMARTS) is 1. The van der Waals surface area contributed by atoms with Crippen LogP contribution in [0.15, 0.2) is 42.7 Å². The average Bonchev–Trinajstić information content (AvgIpc) is 2.28. The van der Waals surface area contributed by atoms with Gasteiger partial charge in [0.05, 0.1) is 6.42 Å². The minimum Gasteiger partial charge on any atom is -0.481 e. The first kappa shape index (κ1) is 11.3. The molecule has 2 rings (SSSR count). The Bertz CT molecular complexity index is 549. The Morgan fingerprint density at radius 1 is 1.24 bits per heavy atom. The van der Waals surface area contributed by atoms with E-state index < -0.39 is 5.97 Å². The largest absolute Gasteiger partial charge is 0.481 e. The highest BCUT2D eigenvalue weighted by atomic mass is 16.4. The van der Waals surface area contributed by atoms with Gasteiger partial charge in [-0.15, -0.1) is 0 Å². The summed E-state index contributed by atoms with van der Waals surface area (Å²) in [5, 5.41) is 8.76. The number of aliphatic carboxylic acids is 1. The molecule has 17 heavy (non-hydrogen) atoms. The molecule has 0 radical (unpaired) electrons. The van der Waals surface area contributed by atoms with Crippen LogP contribution in [0.1, 0.15) is 11.1 Å². The van der Waals surface area contributed by atoms with Gasteiger partial charge in [-0.25, -0.2) is 0 Å². The Morgan fingerprint density at radius 3 is 2.76 bits per heavy atom. The standard InChI is InChI=1S/C14H13NO2/c1-10-5-13(9-15-8-10)12-4-2-3-11(6-12)7-14(16)17/h2-6,8-9H,7H2,1H3,(H,16,17). The summed E-state index contributed by atoms with van der Waals surface area (Å²) in [6, 6.07) is 9.58. The normalized spacial score (nSPS) is 10.2. The lowest BCUT2D eigenvalue weighted by Crippen LogP contribution is -1.99. The van der Waals surface area contributed by atoms with Gasteiger partial charge in [-0.05, 0) is 29.7 Å². The maximum Gasteiger partial charge on any atom is 0.307 e. The number of aryl methyl sites for hydroxylation is 1. The molecular weight excluding hydrogens is 214 g/mol. The van der Waals surface area contributed by atoms with Crippen LogP contribution in [0, 0.1) is 6.92 Å². The lowest BCUT2D eigenvalue weighted by molar-refractivity contribution is -0.136. The van der Waals surface area contributed by atoms with Crippen LogP contribution in [-0.4, -0.2) is 16.1 Å². The van der Waals surface area contributed by atoms with Gasteiger partial charge < -0.3 is 5.11 Å².